The molecule has 0 radical (unpaired) electrons. The van der Waals surface area contributed by atoms with E-state index in [9.17, 15) is 5.21 Å². The lowest BCUT2D eigenvalue weighted by molar-refractivity contribution is 0.317. The van der Waals surface area contributed by atoms with Crippen LogP contribution in [0.4, 0.5) is 0 Å². The van der Waals surface area contributed by atoms with E-state index in [4.69, 9.17) is 0 Å². The summed E-state index contributed by atoms with van der Waals surface area (Å²) in [7, 11) is 0. The molecular formula is C24H21NO. The van der Waals surface area contributed by atoms with Crippen molar-refractivity contribution in [1.82, 2.24) is 0 Å². The summed E-state index contributed by atoms with van der Waals surface area (Å²) >= 11 is 0. The second kappa shape index (κ2) is 7.40. The normalized spacial score (nSPS) is 21.4. The van der Waals surface area contributed by atoms with Gasteiger partial charge in [0.05, 0.1) is 5.71 Å². The van der Waals surface area contributed by atoms with Gasteiger partial charge in [0, 0.05) is 18.3 Å². The third-order valence-corrected chi connectivity index (χ3v) is 5.11. The Hall–Kier alpha value is -3.13. The quantitative estimate of drug-likeness (QED) is 0.469. The Morgan fingerprint density at radius 1 is 0.692 bits per heavy atom. The van der Waals surface area contributed by atoms with Crippen LogP contribution in [0.25, 0.3) is 5.57 Å². The van der Waals surface area contributed by atoms with E-state index >= 15 is 0 Å². The van der Waals surface area contributed by atoms with Crippen molar-refractivity contribution in [3.63, 3.8) is 0 Å². The van der Waals surface area contributed by atoms with E-state index in [0.29, 0.717) is 0 Å². The molecule has 0 amide bonds. The Balaban J connectivity index is 1.90. The topological polar surface area (TPSA) is 32.6 Å². The van der Waals surface area contributed by atoms with E-state index < -0.39 is 0 Å². The van der Waals surface area contributed by atoms with Crippen molar-refractivity contribution in [2.24, 2.45) is 5.16 Å². The number of nitrogens with zero attached hydrogens (tertiary/aromatic N) is 1. The minimum Gasteiger partial charge on any atom is -0.411 e. The SMILES string of the molecule is O/N=C1/C=C(c2ccccc2)C(c2ccccc2)C(c2ccccc2)C1. The Morgan fingerprint density at radius 2 is 1.23 bits per heavy atom. The van der Waals surface area contributed by atoms with Crippen molar-refractivity contribution < 1.29 is 5.21 Å². The van der Waals surface area contributed by atoms with Gasteiger partial charge in [-0.2, -0.15) is 0 Å². The summed E-state index contributed by atoms with van der Waals surface area (Å²) in [6.07, 6.45) is 2.77. The van der Waals surface area contributed by atoms with Gasteiger partial charge >= 0.3 is 0 Å². The predicted octanol–water partition coefficient (Wildman–Crippen LogP) is 5.87. The van der Waals surface area contributed by atoms with Gasteiger partial charge in [0.2, 0.25) is 0 Å². The lowest BCUT2D eigenvalue weighted by Gasteiger charge is -2.34. The van der Waals surface area contributed by atoms with Gasteiger partial charge in [-0.1, -0.05) is 96.2 Å². The Kier molecular flexibility index (Phi) is 4.65. The molecule has 0 heterocycles. The highest BCUT2D eigenvalue weighted by Crippen LogP contribution is 2.47. The fourth-order valence-electron chi connectivity index (χ4n) is 3.93. The molecule has 2 unspecified atom stereocenters. The Bertz CT molecular complexity index is 914. The molecule has 1 aliphatic carbocycles. The smallest absolute Gasteiger partial charge is 0.0805 e. The van der Waals surface area contributed by atoms with Crippen LogP contribution in [0.2, 0.25) is 0 Å². The minimum atomic E-state index is 0.214. The lowest BCUT2D eigenvalue weighted by atomic mass is 9.69. The molecule has 26 heavy (non-hydrogen) atoms. The average molecular weight is 339 g/mol. The van der Waals surface area contributed by atoms with Crippen LogP contribution in [0.3, 0.4) is 0 Å². The summed E-state index contributed by atoms with van der Waals surface area (Å²) in [5.74, 6) is 0.441. The van der Waals surface area contributed by atoms with Crippen molar-refractivity contribution in [2.75, 3.05) is 0 Å². The largest absolute Gasteiger partial charge is 0.411 e. The van der Waals surface area contributed by atoms with Gasteiger partial charge in [-0.25, -0.2) is 0 Å². The predicted molar refractivity (Wildman–Crippen MR) is 107 cm³/mol. The molecule has 2 nitrogen and oxygen atoms in total. The van der Waals surface area contributed by atoms with E-state index in [1.54, 1.807) is 0 Å². The van der Waals surface area contributed by atoms with Crippen molar-refractivity contribution >= 4 is 11.3 Å². The van der Waals surface area contributed by atoms with Crippen LogP contribution in [0.5, 0.6) is 0 Å². The van der Waals surface area contributed by atoms with E-state index in [-0.39, 0.29) is 11.8 Å². The van der Waals surface area contributed by atoms with Crippen LogP contribution in [-0.2, 0) is 0 Å². The van der Waals surface area contributed by atoms with E-state index in [1.807, 2.05) is 18.2 Å². The number of rotatable bonds is 3. The molecule has 1 N–H and O–H groups in total. The van der Waals surface area contributed by atoms with Crippen LogP contribution in [0.1, 0.15) is 34.9 Å². The van der Waals surface area contributed by atoms with Gasteiger partial charge in [0.1, 0.15) is 0 Å². The van der Waals surface area contributed by atoms with Crippen LogP contribution in [-0.4, -0.2) is 10.9 Å². The molecular weight excluding hydrogens is 318 g/mol. The molecule has 128 valence electrons. The summed E-state index contributed by atoms with van der Waals surface area (Å²) in [4.78, 5) is 0. The number of hydrogen-bond donors (Lipinski definition) is 1. The molecule has 4 rings (SSSR count). The van der Waals surface area contributed by atoms with Crippen molar-refractivity contribution in [2.45, 2.75) is 18.3 Å². The van der Waals surface area contributed by atoms with Crippen molar-refractivity contribution in [3.8, 4) is 0 Å². The number of oxime groups is 1. The summed E-state index contributed by atoms with van der Waals surface area (Å²) in [6, 6.07) is 31.6. The summed E-state index contributed by atoms with van der Waals surface area (Å²) in [6.45, 7) is 0. The van der Waals surface area contributed by atoms with Crippen molar-refractivity contribution in [1.29, 1.82) is 0 Å². The maximum Gasteiger partial charge on any atom is 0.0805 e. The maximum absolute atomic E-state index is 9.52. The highest BCUT2D eigenvalue weighted by Gasteiger charge is 2.33. The second-order valence-electron chi connectivity index (χ2n) is 6.67. The molecule has 0 saturated carbocycles. The Labute approximate surface area is 154 Å². The molecule has 0 aromatic heterocycles. The van der Waals surface area contributed by atoms with Gasteiger partial charge in [0.25, 0.3) is 0 Å². The van der Waals surface area contributed by atoms with Crippen molar-refractivity contribution in [3.05, 3.63) is 114 Å². The molecule has 0 bridgehead atoms. The highest BCUT2D eigenvalue weighted by atomic mass is 16.4. The van der Waals surface area contributed by atoms with E-state index in [2.05, 4.69) is 84.0 Å². The molecule has 2 atom stereocenters. The third-order valence-electron chi connectivity index (χ3n) is 5.11. The summed E-state index contributed by atoms with van der Waals surface area (Å²) in [5, 5.41) is 13.1. The first kappa shape index (κ1) is 16.3. The molecule has 0 aliphatic heterocycles. The van der Waals surface area contributed by atoms with Gasteiger partial charge in [-0.3, -0.25) is 0 Å². The Morgan fingerprint density at radius 3 is 1.81 bits per heavy atom. The summed E-state index contributed by atoms with van der Waals surface area (Å²) < 4.78 is 0. The molecule has 1 aliphatic rings. The zero-order chi connectivity index (χ0) is 17.8. The first-order valence-corrected chi connectivity index (χ1v) is 8.94. The molecule has 3 aromatic rings. The molecule has 0 spiro atoms. The molecule has 3 aromatic carbocycles. The van der Waals surface area contributed by atoms with Gasteiger partial charge < -0.3 is 5.21 Å². The standard InChI is InChI=1S/C24H21NO/c26-25-21-16-22(18-10-4-1-5-11-18)24(20-14-8-3-9-15-20)23(17-21)19-12-6-2-7-13-19/h1-16,23-24,26H,17H2/b25-21-. The van der Waals surface area contributed by atoms with E-state index in [1.165, 1.54) is 22.3 Å². The fourth-order valence-corrected chi connectivity index (χ4v) is 3.93. The lowest BCUT2D eigenvalue weighted by Crippen LogP contribution is -2.22. The number of hydrogen-bond acceptors (Lipinski definition) is 2. The van der Waals surface area contributed by atoms with Crippen LogP contribution in [0, 0.1) is 0 Å². The van der Waals surface area contributed by atoms with Gasteiger partial charge in [-0.15, -0.1) is 0 Å². The van der Waals surface area contributed by atoms with Gasteiger partial charge in [0.15, 0.2) is 0 Å². The number of allylic oxidation sites excluding steroid dienone is 2. The second-order valence-corrected chi connectivity index (χ2v) is 6.67. The highest BCUT2D eigenvalue weighted by molar-refractivity contribution is 6.04. The molecule has 0 fully saturated rings. The molecule has 0 saturated heterocycles. The third kappa shape index (κ3) is 3.18. The van der Waals surface area contributed by atoms with E-state index in [0.717, 1.165) is 12.1 Å². The monoisotopic (exact) mass is 339 g/mol. The molecule has 2 heteroatoms. The van der Waals surface area contributed by atoms with Crippen LogP contribution >= 0.6 is 0 Å². The first-order chi connectivity index (χ1) is 12.9. The first-order valence-electron chi connectivity index (χ1n) is 8.94. The minimum absolute atomic E-state index is 0.214. The fraction of sp³-hybridized carbons (Fsp3) is 0.125. The van der Waals surface area contributed by atoms with Gasteiger partial charge in [-0.05, 0) is 28.3 Å². The van der Waals surface area contributed by atoms with Crippen LogP contribution in [0.15, 0.2) is 102 Å². The van der Waals surface area contributed by atoms with Crippen LogP contribution < -0.4 is 0 Å². The maximum atomic E-state index is 9.52. The zero-order valence-corrected chi connectivity index (χ0v) is 14.5. The zero-order valence-electron chi connectivity index (χ0n) is 14.5. The number of benzene rings is 3. The summed E-state index contributed by atoms with van der Waals surface area (Å²) in [5.41, 5.74) is 5.65. The average Bonchev–Trinajstić information content (AvgIpc) is 2.74.